The Morgan fingerprint density at radius 1 is 1.16 bits per heavy atom. The first kappa shape index (κ1) is 21.0. The van der Waals surface area contributed by atoms with Crippen LogP contribution in [0.3, 0.4) is 0 Å². The van der Waals surface area contributed by atoms with Gasteiger partial charge < -0.3 is 15.2 Å². The molecule has 1 amide bonds. The number of piperidine rings is 1. The molecule has 1 aliphatic rings. The molecular weight excluding hydrogens is 394 g/mol. The van der Waals surface area contributed by atoms with Crippen molar-refractivity contribution in [3.8, 4) is 5.75 Å². The van der Waals surface area contributed by atoms with E-state index in [0.29, 0.717) is 30.8 Å². The van der Waals surface area contributed by atoms with Crippen molar-refractivity contribution >= 4 is 11.6 Å². The van der Waals surface area contributed by atoms with Gasteiger partial charge in [0.25, 0.3) is 5.91 Å². The van der Waals surface area contributed by atoms with E-state index >= 15 is 0 Å². The maximum Gasteiger partial charge on any atom is 0.277 e. The van der Waals surface area contributed by atoms with Crippen molar-refractivity contribution in [2.45, 2.75) is 31.5 Å². The molecule has 1 aromatic heterocycles. The van der Waals surface area contributed by atoms with E-state index in [0.717, 1.165) is 19.6 Å². The van der Waals surface area contributed by atoms with Gasteiger partial charge in [0.2, 0.25) is 0 Å². The molecule has 8 heteroatoms. The van der Waals surface area contributed by atoms with Crippen molar-refractivity contribution in [1.82, 2.24) is 19.9 Å². The molecule has 0 aliphatic carbocycles. The highest BCUT2D eigenvalue weighted by Gasteiger charge is 2.33. The number of amides is 1. The summed E-state index contributed by atoms with van der Waals surface area (Å²) in [6.07, 6.45) is 2.86. The number of nitrogens with one attached hydrogen (secondary N) is 1. The summed E-state index contributed by atoms with van der Waals surface area (Å²) in [5, 5.41) is 21.8. The number of likely N-dealkylation sites (tertiary alicyclic amines) is 1. The summed E-state index contributed by atoms with van der Waals surface area (Å²) in [7, 11) is 1.57. The lowest BCUT2D eigenvalue weighted by Crippen LogP contribution is -2.46. The van der Waals surface area contributed by atoms with Gasteiger partial charge in [0.05, 0.1) is 25.5 Å². The number of benzene rings is 2. The predicted octanol–water partition coefficient (Wildman–Crippen LogP) is 2.57. The second-order valence-corrected chi connectivity index (χ2v) is 7.97. The first-order valence-corrected chi connectivity index (χ1v) is 10.4. The number of carbonyl (C=O) groups excluding carboxylic acids is 1. The number of anilines is 1. The van der Waals surface area contributed by atoms with Crippen LogP contribution >= 0.6 is 0 Å². The molecule has 31 heavy (non-hydrogen) atoms. The number of aliphatic hydroxyl groups is 1. The van der Waals surface area contributed by atoms with Crippen molar-refractivity contribution in [3.05, 3.63) is 72.1 Å². The molecule has 3 aromatic rings. The van der Waals surface area contributed by atoms with Crippen LogP contribution in [0.2, 0.25) is 0 Å². The van der Waals surface area contributed by atoms with Gasteiger partial charge in [0.1, 0.15) is 5.75 Å². The van der Waals surface area contributed by atoms with Crippen LogP contribution in [0, 0.1) is 0 Å². The molecule has 0 radical (unpaired) electrons. The summed E-state index contributed by atoms with van der Waals surface area (Å²) in [4.78, 5) is 14.8. The van der Waals surface area contributed by atoms with Crippen LogP contribution < -0.4 is 10.1 Å². The zero-order valence-electron chi connectivity index (χ0n) is 17.6. The number of rotatable bonds is 7. The van der Waals surface area contributed by atoms with Crippen molar-refractivity contribution < 1.29 is 14.6 Å². The van der Waals surface area contributed by atoms with Gasteiger partial charge in [-0.2, -0.15) is 0 Å². The Kier molecular flexibility index (Phi) is 6.29. The van der Waals surface area contributed by atoms with E-state index in [4.69, 9.17) is 4.74 Å². The molecule has 0 saturated carbocycles. The molecule has 2 N–H and O–H groups in total. The topological polar surface area (TPSA) is 92.5 Å². The van der Waals surface area contributed by atoms with Crippen LogP contribution in [0.5, 0.6) is 5.75 Å². The molecule has 162 valence electrons. The summed E-state index contributed by atoms with van der Waals surface area (Å²) in [5.41, 5.74) is 1.23. The minimum absolute atomic E-state index is 0.202. The first-order chi connectivity index (χ1) is 15.0. The van der Waals surface area contributed by atoms with Gasteiger partial charge in [0.15, 0.2) is 5.69 Å². The van der Waals surface area contributed by atoms with Gasteiger partial charge in [-0.05, 0) is 30.5 Å². The fourth-order valence-corrected chi connectivity index (χ4v) is 3.80. The second kappa shape index (κ2) is 9.28. The highest BCUT2D eigenvalue weighted by Crippen LogP contribution is 2.25. The van der Waals surface area contributed by atoms with Gasteiger partial charge in [-0.1, -0.05) is 41.6 Å². The van der Waals surface area contributed by atoms with Gasteiger partial charge >= 0.3 is 0 Å². The zero-order chi connectivity index (χ0) is 21.7. The lowest BCUT2D eigenvalue weighted by atomic mass is 9.91. The lowest BCUT2D eigenvalue weighted by molar-refractivity contribution is -0.0383. The van der Waals surface area contributed by atoms with Crippen LogP contribution in [0.25, 0.3) is 0 Å². The zero-order valence-corrected chi connectivity index (χ0v) is 17.6. The van der Waals surface area contributed by atoms with Gasteiger partial charge in [0, 0.05) is 31.4 Å². The average molecular weight is 422 g/mol. The Bertz CT molecular complexity index is 1010. The Balaban J connectivity index is 1.31. The number of nitrogens with zero attached hydrogens (tertiary/aromatic N) is 4. The van der Waals surface area contributed by atoms with E-state index < -0.39 is 5.60 Å². The third-order valence-corrected chi connectivity index (χ3v) is 5.59. The van der Waals surface area contributed by atoms with E-state index in [9.17, 15) is 9.90 Å². The summed E-state index contributed by atoms with van der Waals surface area (Å²) < 4.78 is 6.72. The monoisotopic (exact) mass is 421 g/mol. The van der Waals surface area contributed by atoms with E-state index in [1.165, 1.54) is 5.56 Å². The highest BCUT2D eigenvalue weighted by molar-refractivity contribution is 6.02. The fourth-order valence-electron chi connectivity index (χ4n) is 3.80. The fraction of sp³-hybridized carbons (Fsp3) is 0.348. The molecule has 1 aliphatic heterocycles. The Morgan fingerprint density at radius 2 is 1.94 bits per heavy atom. The molecule has 0 atom stereocenters. The third-order valence-electron chi connectivity index (χ3n) is 5.59. The Morgan fingerprint density at radius 3 is 2.68 bits per heavy atom. The predicted molar refractivity (Wildman–Crippen MR) is 117 cm³/mol. The summed E-state index contributed by atoms with van der Waals surface area (Å²) >= 11 is 0. The quantitative estimate of drug-likeness (QED) is 0.609. The molecular formula is C23H27N5O3. The van der Waals surface area contributed by atoms with Crippen molar-refractivity contribution in [3.63, 3.8) is 0 Å². The normalized spacial score (nSPS) is 16.1. The molecule has 1 saturated heterocycles. The van der Waals surface area contributed by atoms with Crippen molar-refractivity contribution in [2.24, 2.45) is 0 Å². The van der Waals surface area contributed by atoms with E-state index in [-0.39, 0.29) is 11.6 Å². The minimum atomic E-state index is -0.860. The largest absolute Gasteiger partial charge is 0.497 e. The highest BCUT2D eigenvalue weighted by atomic mass is 16.5. The number of carbonyl (C=O) groups is 1. The second-order valence-electron chi connectivity index (χ2n) is 7.97. The Hall–Kier alpha value is -3.23. The molecule has 2 aromatic carbocycles. The molecule has 0 spiro atoms. The van der Waals surface area contributed by atoms with E-state index in [1.807, 2.05) is 18.2 Å². The molecule has 0 unspecified atom stereocenters. The first-order valence-electron chi connectivity index (χ1n) is 10.4. The molecule has 8 nitrogen and oxygen atoms in total. The maximum absolute atomic E-state index is 12.5. The van der Waals surface area contributed by atoms with E-state index in [1.54, 1.807) is 42.3 Å². The summed E-state index contributed by atoms with van der Waals surface area (Å²) in [6.45, 7) is 2.81. The van der Waals surface area contributed by atoms with Gasteiger partial charge in [-0.15, -0.1) is 5.10 Å². The lowest BCUT2D eigenvalue weighted by Gasteiger charge is -2.38. The van der Waals surface area contributed by atoms with E-state index in [2.05, 4.69) is 32.7 Å². The third kappa shape index (κ3) is 5.48. The van der Waals surface area contributed by atoms with Crippen LogP contribution in [-0.4, -0.2) is 56.7 Å². The summed E-state index contributed by atoms with van der Waals surface area (Å²) in [5.74, 6) is 0.298. The van der Waals surface area contributed by atoms with Crippen LogP contribution in [0.4, 0.5) is 5.69 Å². The molecule has 1 fully saturated rings. The van der Waals surface area contributed by atoms with Crippen molar-refractivity contribution in [2.75, 3.05) is 25.5 Å². The smallest absolute Gasteiger partial charge is 0.277 e. The minimum Gasteiger partial charge on any atom is -0.497 e. The number of hydrogen-bond donors (Lipinski definition) is 2. The average Bonchev–Trinajstić information content (AvgIpc) is 3.24. The summed E-state index contributed by atoms with van der Waals surface area (Å²) in [6, 6.07) is 17.4. The molecule has 2 heterocycles. The van der Waals surface area contributed by atoms with Crippen molar-refractivity contribution in [1.29, 1.82) is 0 Å². The van der Waals surface area contributed by atoms with Crippen LogP contribution in [-0.2, 0) is 13.1 Å². The molecule has 4 rings (SSSR count). The van der Waals surface area contributed by atoms with Gasteiger partial charge in [-0.25, -0.2) is 4.68 Å². The van der Waals surface area contributed by atoms with Crippen LogP contribution in [0.15, 0.2) is 60.8 Å². The number of ether oxygens (including phenoxy) is 1. The maximum atomic E-state index is 12.5. The van der Waals surface area contributed by atoms with Gasteiger partial charge in [-0.3, -0.25) is 9.69 Å². The SMILES string of the molecule is COc1cccc(NC(=O)c2cn(CC3(O)CCN(Cc4ccccc4)CC3)nn2)c1. The Labute approximate surface area is 181 Å². The van der Waals surface area contributed by atoms with Crippen LogP contribution in [0.1, 0.15) is 28.9 Å². The standard InChI is InChI=1S/C23H27N5O3/c1-31-20-9-5-8-19(14-20)24-22(29)21-16-28(26-25-21)17-23(30)10-12-27(13-11-23)15-18-6-3-2-4-7-18/h2-9,14,16,30H,10-13,15,17H2,1H3,(H,24,29). The number of hydrogen-bond acceptors (Lipinski definition) is 6. The molecule has 0 bridgehead atoms. The number of aromatic nitrogens is 3. The number of methoxy groups -OCH3 is 1.